The van der Waals surface area contributed by atoms with Crippen LogP contribution in [-0.2, 0) is 6.42 Å². The van der Waals surface area contributed by atoms with Crippen molar-refractivity contribution < 1.29 is 4.79 Å². The predicted octanol–water partition coefficient (Wildman–Crippen LogP) is 4.02. The highest BCUT2D eigenvalue weighted by atomic mass is 35.5. The lowest BCUT2D eigenvalue weighted by atomic mass is 10.1. The molecular weight excluding hydrogens is 310 g/mol. The maximum absolute atomic E-state index is 13.0. The first-order valence-corrected chi connectivity index (χ1v) is 8.63. The summed E-state index contributed by atoms with van der Waals surface area (Å²) in [4.78, 5) is 14.9. The summed E-state index contributed by atoms with van der Waals surface area (Å²) in [5, 5.41) is 5.29. The molecule has 2 heterocycles. The lowest BCUT2D eigenvalue weighted by molar-refractivity contribution is 0.0722. The van der Waals surface area contributed by atoms with Gasteiger partial charge in [0, 0.05) is 18.1 Å². The zero-order chi connectivity index (χ0) is 16.4. The van der Waals surface area contributed by atoms with Crippen LogP contribution in [0.4, 0.5) is 0 Å². The molecule has 1 fully saturated rings. The molecule has 1 aromatic heterocycles. The number of hydrogen-bond donors (Lipinski definition) is 0. The molecule has 1 aliphatic rings. The Hall–Kier alpha value is -1.81. The number of aromatic nitrogens is 2. The smallest absolute Gasteiger partial charge is 0.257 e. The summed E-state index contributed by atoms with van der Waals surface area (Å²) in [7, 11) is 0. The SMILES string of the molecule is CCc1c(C(=O)N2CCCCC2)c(C)nn1-c1cccc(Cl)c1. The van der Waals surface area contributed by atoms with Crippen molar-refractivity contribution in [2.45, 2.75) is 39.5 Å². The Morgan fingerprint density at radius 3 is 2.65 bits per heavy atom. The van der Waals surface area contributed by atoms with Crippen LogP contribution in [0.2, 0.25) is 5.02 Å². The van der Waals surface area contributed by atoms with Crippen molar-refractivity contribution in [3.63, 3.8) is 0 Å². The van der Waals surface area contributed by atoms with Crippen molar-refractivity contribution >= 4 is 17.5 Å². The van der Waals surface area contributed by atoms with Gasteiger partial charge in [0.05, 0.1) is 22.6 Å². The van der Waals surface area contributed by atoms with Gasteiger partial charge >= 0.3 is 0 Å². The minimum atomic E-state index is 0.118. The van der Waals surface area contributed by atoms with Gasteiger partial charge in [-0.3, -0.25) is 4.79 Å². The van der Waals surface area contributed by atoms with E-state index in [9.17, 15) is 4.79 Å². The molecule has 0 radical (unpaired) electrons. The number of rotatable bonds is 3. The Balaban J connectivity index is 2.02. The summed E-state index contributed by atoms with van der Waals surface area (Å²) < 4.78 is 1.86. The number of carbonyl (C=O) groups excluding carboxylic acids is 1. The van der Waals surface area contributed by atoms with E-state index in [-0.39, 0.29) is 5.91 Å². The fourth-order valence-electron chi connectivity index (χ4n) is 3.26. The summed E-state index contributed by atoms with van der Waals surface area (Å²) >= 11 is 6.10. The van der Waals surface area contributed by atoms with E-state index in [1.165, 1.54) is 6.42 Å². The van der Waals surface area contributed by atoms with Crippen LogP contribution in [0.1, 0.15) is 47.9 Å². The Morgan fingerprint density at radius 2 is 2.00 bits per heavy atom. The number of amides is 1. The Labute approximate surface area is 142 Å². The lowest BCUT2D eigenvalue weighted by Gasteiger charge is -2.27. The molecule has 1 saturated heterocycles. The second-order valence-corrected chi connectivity index (χ2v) is 6.44. The number of aryl methyl sites for hydroxylation is 1. The van der Waals surface area contributed by atoms with Crippen LogP contribution in [-0.4, -0.2) is 33.7 Å². The molecule has 0 unspecified atom stereocenters. The van der Waals surface area contributed by atoms with Crippen LogP contribution in [0.15, 0.2) is 24.3 Å². The summed E-state index contributed by atoms with van der Waals surface area (Å²) in [6.07, 6.45) is 4.15. The van der Waals surface area contributed by atoms with E-state index in [1.807, 2.05) is 40.8 Å². The third kappa shape index (κ3) is 3.13. The molecular formula is C18H22ClN3O. The first kappa shape index (κ1) is 16.1. The van der Waals surface area contributed by atoms with E-state index >= 15 is 0 Å². The third-order valence-electron chi connectivity index (χ3n) is 4.40. The van der Waals surface area contributed by atoms with Crippen LogP contribution in [0.3, 0.4) is 0 Å². The molecule has 0 atom stereocenters. The molecule has 23 heavy (non-hydrogen) atoms. The van der Waals surface area contributed by atoms with Gasteiger partial charge in [-0.25, -0.2) is 4.68 Å². The molecule has 5 heteroatoms. The van der Waals surface area contributed by atoms with Crippen molar-refractivity contribution in [2.24, 2.45) is 0 Å². The van der Waals surface area contributed by atoms with Crippen LogP contribution in [0.25, 0.3) is 5.69 Å². The van der Waals surface area contributed by atoms with Crippen LogP contribution in [0, 0.1) is 6.92 Å². The Morgan fingerprint density at radius 1 is 1.26 bits per heavy atom. The number of nitrogens with zero attached hydrogens (tertiary/aromatic N) is 3. The fourth-order valence-corrected chi connectivity index (χ4v) is 3.44. The maximum atomic E-state index is 13.0. The lowest BCUT2D eigenvalue weighted by Crippen LogP contribution is -2.36. The zero-order valence-corrected chi connectivity index (χ0v) is 14.4. The first-order valence-electron chi connectivity index (χ1n) is 8.25. The van der Waals surface area contributed by atoms with Gasteiger partial charge in [0.25, 0.3) is 5.91 Å². The molecule has 0 saturated carbocycles. The molecule has 0 bridgehead atoms. The van der Waals surface area contributed by atoms with Gasteiger partial charge < -0.3 is 4.90 Å². The fraction of sp³-hybridized carbons (Fsp3) is 0.444. The van der Waals surface area contributed by atoms with E-state index < -0.39 is 0 Å². The second-order valence-electron chi connectivity index (χ2n) is 6.01. The monoisotopic (exact) mass is 331 g/mol. The highest BCUT2D eigenvalue weighted by Crippen LogP contribution is 2.24. The minimum Gasteiger partial charge on any atom is -0.339 e. The quantitative estimate of drug-likeness (QED) is 0.851. The molecule has 2 aromatic rings. The number of halogens is 1. The molecule has 122 valence electrons. The number of hydrogen-bond acceptors (Lipinski definition) is 2. The zero-order valence-electron chi connectivity index (χ0n) is 13.7. The van der Waals surface area contributed by atoms with E-state index in [0.29, 0.717) is 5.02 Å². The molecule has 4 nitrogen and oxygen atoms in total. The van der Waals surface area contributed by atoms with Gasteiger partial charge in [-0.1, -0.05) is 24.6 Å². The number of piperidine rings is 1. The summed E-state index contributed by atoms with van der Waals surface area (Å²) in [6.45, 7) is 5.68. The van der Waals surface area contributed by atoms with Gasteiger partial charge in [-0.2, -0.15) is 5.10 Å². The summed E-state index contributed by atoms with van der Waals surface area (Å²) in [6, 6.07) is 7.59. The van der Waals surface area contributed by atoms with Crippen molar-refractivity contribution in [1.29, 1.82) is 0 Å². The summed E-state index contributed by atoms with van der Waals surface area (Å²) in [5.74, 6) is 0.118. The number of benzene rings is 1. The van der Waals surface area contributed by atoms with Gasteiger partial charge in [0.15, 0.2) is 0 Å². The second kappa shape index (κ2) is 6.75. The number of carbonyl (C=O) groups is 1. The molecule has 3 rings (SSSR count). The van der Waals surface area contributed by atoms with E-state index in [1.54, 1.807) is 0 Å². The minimum absolute atomic E-state index is 0.118. The van der Waals surface area contributed by atoms with E-state index in [2.05, 4.69) is 12.0 Å². The number of likely N-dealkylation sites (tertiary alicyclic amines) is 1. The van der Waals surface area contributed by atoms with Crippen LogP contribution < -0.4 is 0 Å². The Kier molecular flexibility index (Phi) is 4.71. The first-order chi connectivity index (χ1) is 11.1. The maximum Gasteiger partial charge on any atom is 0.257 e. The van der Waals surface area contributed by atoms with Crippen molar-refractivity contribution in [2.75, 3.05) is 13.1 Å². The molecule has 1 amide bonds. The predicted molar refractivity (Wildman–Crippen MR) is 92.4 cm³/mol. The molecule has 0 N–H and O–H groups in total. The van der Waals surface area contributed by atoms with Crippen LogP contribution in [0.5, 0.6) is 0 Å². The Bertz CT molecular complexity index is 717. The average Bonchev–Trinajstić information content (AvgIpc) is 2.91. The third-order valence-corrected chi connectivity index (χ3v) is 4.64. The molecule has 1 aromatic carbocycles. The standard InChI is InChI=1S/C18H22ClN3O/c1-3-16-17(18(23)21-10-5-4-6-11-21)13(2)20-22(16)15-9-7-8-14(19)12-15/h7-9,12H,3-6,10-11H2,1-2H3. The van der Waals surface area contributed by atoms with Gasteiger partial charge in [-0.05, 0) is 50.8 Å². The molecule has 1 aliphatic heterocycles. The topological polar surface area (TPSA) is 38.1 Å². The average molecular weight is 332 g/mol. The van der Waals surface area contributed by atoms with E-state index in [4.69, 9.17) is 11.6 Å². The normalized spacial score (nSPS) is 15.0. The highest BCUT2D eigenvalue weighted by molar-refractivity contribution is 6.30. The van der Waals surface area contributed by atoms with Gasteiger partial charge in [-0.15, -0.1) is 0 Å². The molecule has 0 spiro atoms. The van der Waals surface area contributed by atoms with Gasteiger partial charge in [0.2, 0.25) is 0 Å². The van der Waals surface area contributed by atoms with E-state index in [0.717, 1.165) is 55.0 Å². The largest absolute Gasteiger partial charge is 0.339 e. The summed E-state index contributed by atoms with van der Waals surface area (Å²) in [5.41, 5.74) is 3.40. The highest BCUT2D eigenvalue weighted by Gasteiger charge is 2.26. The van der Waals surface area contributed by atoms with Crippen molar-refractivity contribution in [3.05, 3.63) is 46.2 Å². The van der Waals surface area contributed by atoms with Crippen LogP contribution >= 0.6 is 11.6 Å². The van der Waals surface area contributed by atoms with Crippen molar-refractivity contribution in [3.8, 4) is 5.69 Å². The van der Waals surface area contributed by atoms with Gasteiger partial charge in [0.1, 0.15) is 0 Å². The van der Waals surface area contributed by atoms with Crippen molar-refractivity contribution in [1.82, 2.24) is 14.7 Å². The molecule has 0 aliphatic carbocycles.